The molecule has 0 saturated heterocycles. The van der Waals surface area contributed by atoms with Crippen LogP contribution in [0.25, 0.3) is 11.5 Å². The Hall–Kier alpha value is -3.47. The molecule has 4 aromatic rings. The third-order valence-corrected chi connectivity index (χ3v) is 7.93. The van der Waals surface area contributed by atoms with Crippen molar-refractivity contribution in [3.8, 4) is 11.5 Å². The van der Waals surface area contributed by atoms with Gasteiger partial charge in [0.25, 0.3) is 5.91 Å². The van der Waals surface area contributed by atoms with E-state index in [0.29, 0.717) is 6.54 Å². The zero-order valence-electron chi connectivity index (χ0n) is 19.2. The van der Waals surface area contributed by atoms with Gasteiger partial charge >= 0.3 is 6.01 Å². The molecule has 0 aliphatic heterocycles. The van der Waals surface area contributed by atoms with E-state index in [4.69, 9.17) is 4.42 Å². The molecule has 35 heavy (non-hydrogen) atoms. The lowest BCUT2D eigenvalue weighted by molar-refractivity contribution is 0.102. The van der Waals surface area contributed by atoms with Crippen LogP contribution in [0.4, 0.5) is 6.01 Å². The number of carbonyl (C=O) groups is 1. The Morgan fingerprint density at radius 2 is 1.74 bits per heavy atom. The van der Waals surface area contributed by atoms with E-state index in [1.165, 1.54) is 28.6 Å². The quantitative estimate of drug-likeness (QED) is 0.320. The molecule has 0 bridgehead atoms. The predicted octanol–water partition coefficient (Wildman–Crippen LogP) is 4.92. The molecule has 4 rings (SSSR count). The van der Waals surface area contributed by atoms with Crippen LogP contribution in [0.1, 0.15) is 22.8 Å². The number of aromatic nitrogens is 2. The van der Waals surface area contributed by atoms with Crippen molar-refractivity contribution >= 4 is 33.7 Å². The molecule has 0 atom stereocenters. The van der Waals surface area contributed by atoms with Crippen molar-refractivity contribution in [2.75, 3.05) is 18.1 Å². The van der Waals surface area contributed by atoms with Gasteiger partial charge in [0.2, 0.25) is 15.9 Å². The molecule has 1 N–H and O–H groups in total. The number of anilines is 1. The number of thioether (sulfide) groups is 1. The SMILES string of the molecule is CCN(Cc1ccccc1)S(=O)(=O)c1ccc(C(=O)Nc2nnc(-c3cccc(SC)c3)o2)cc1. The summed E-state index contributed by atoms with van der Waals surface area (Å²) in [4.78, 5) is 13.8. The Kier molecular flexibility index (Phi) is 7.64. The average molecular weight is 509 g/mol. The van der Waals surface area contributed by atoms with Crippen molar-refractivity contribution in [3.05, 3.63) is 90.0 Å². The summed E-state index contributed by atoms with van der Waals surface area (Å²) in [7, 11) is -3.72. The van der Waals surface area contributed by atoms with E-state index in [-0.39, 0.29) is 28.9 Å². The average Bonchev–Trinajstić information content (AvgIpc) is 3.36. The zero-order chi connectivity index (χ0) is 24.8. The van der Waals surface area contributed by atoms with Crippen molar-refractivity contribution in [3.63, 3.8) is 0 Å². The van der Waals surface area contributed by atoms with E-state index >= 15 is 0 Å². The molecule has 1 amide bonds. The van der Waals surface area contributed by atoms with Crippen LogP contribution in [-0.2, 0) is 16.6 Å². The molecule has 0 aliphatic rings. The molecule has 1 heterocycles. The van der Waals surface area contributed by atoms with Crippen molar-refractivity contribution in [1.82, 2.24) is 14.5 Å². The summed E-state index contributed by atoms with van der Waals surface area (Å²) in [5, 5.41) is 10.4. The third kappa shape index (κ3) is 5.79. The number of sulfonamides is 1. The molecule has 0 fully saturated rings. The normalized spacial score (nSPS) is 11.5. The number of carbonyl (C=O) groups excluding carboxylic acids is 1. The van der Waals surface area contributed by atoms with E-state index in [1.54, 1.807) is 18.7 Å². The molecule has 0 aliphatic carbocycles. The van der Waals surface area contributed by atoms with Crippen LogP contribution in [0.15, 0.2) is 93.1 Å². The Bertz CT molecular complexity index is 1400. The fourth-order valence-electron chi connectivity index (χ4n) is 3.40. The number of nitrogens with one attached hydrogen (secondary N) is 1. The van der Waals surface area contributed by atoms with Crippen LogP contribution < -0.4 is 5.32 Å². The van der Waals surface area contributed by atoms with Gasteiger partial charge in [-0.1, -0.05) is 48.4 Å². The molecular formula is C25H24N4O4S2. The van der Waals surface area contributed by atoms with Crippen LogP contribution >= 0.6 is 11.8 Å². The smallest absolute Gasteiger partial charge is 0.322 e. The van der Waals surface area contributed by atoms with E-state index in [2.05, 4.69) is 15.5 Å². The van der Waals surface area contributed by atoms with Crippen molar-refractivity contribution in [2.24, 2.45) is 0 Å². The monoisotopic (exact) mass is 508 g/mol. The second-order valence-electron chi connectivity index (χ2n) is 7.54. The largest absolute Gasteiger partial charge is 0.403 e. The Morgan fingerprint density at radius 3 is 2.43 bits per heavy atom. The van der Waals surface area contributed by atoms with Crippen LogP contribution in [0.2, 0.25) is 0 Å². The number of rotatable bonds is 9. The molecular weight excluding hydrogens is 484 g/mol. The molecule has 10 heteroatoms. The maximum absolute atomic E-state index is 13.1. The van der Waals surface area contributed by atoms with E-state index in [1.807, 2.05) is 60.9 Å². The topological polar surface area (TPSA) is 105 Å². The first kappa shape index (κ1) is 24.6. The van der Waals surface area contributed by atoms with Gasteiger partial charge < -0.3 is 4.42 Å². The first-order chi connectivity index (χ1) is 16.9. The summed E-state index contributed by atoms with van der Waals surface area (Å²) in [5.74, 6) is -0.200. The molecule has 180 valence electrons. The highest BCUT2D eigenvalue weighted by Crippen LogP contribution is 2.25. The van der Waals surface area contributed by atoms with Gasteiger partial charge in [-0.05, 0) is 54.3 Å². The summed E-state index contributed by atoms with van der Waals surface area (Å²) in [6.45, 7) is 2.37. The van der Waals surface area contributed by atoms with Crippen molar-refractivity contribution in [2.45, 2.75) is 23.3 Å². The molecule has 0 radical (unpaired) electrons. The van der Waals surface area contributed by atoms with Crippen LogP contribution in [0.5, 0.6) is 0 Å². The maximum Gasteiger partial charge on any atom is 0.322 e. The second-order valence-corrected chi connectivity index (χ2v) is 10.4. The minimum Gasteiger partial charge on any atom is -0.403 e. The van der Waals surface area contributed by atoms with Gasteiger partial charge in [-0.3, -0.25) is 10.1 Å². The second kappa shape index (κ2) is 10.9. The standard InChI is InChI=1S/C25H24N4O4S2/c1-3-29(17-18-8-5-4-6-9-18)35(31,32)22-14-12-19(13-15-22)23(30)26-25-28-27-24(33-25)20-10-7-11-21(16-20)34-2/h4-16H,3,17H2,1-2H3,(H,26,28,30). The van der Waals surface area contributed by atoms with E-state index in [9.17, 15) is 13.2 Å². The summed E-state index contributed by atoms with van der Waals surface area (Å²) >= 11 is 1.59. The molecule has 0 spiro atoms. The Balaban J connectivity index is 1.45. The number of hydrogen-bond acceptors (Lipinski definition) is 7. The highest BCUT2D eigenvalue weighted by molar-refractivity contribution is 7.98. The molecule has 3 aromatic carbocycles. The van der Waals surface area contributed by atoms with E-state index < -0.39 is 15.9 Å². The predicted molar refractivity (Wildman–Crippen MR) is 136 cm³/mol. The number of benzene rings is 3. The van der Waals surface area contributed by atoms with Gasteiger partial charge in [-0.15, -0.1) is 16.9 Å². The minimum atomic E-state index is -3.72. The molecule has 1 aromatic heterocycles. The first-order valence-electron chi connectivity index (χ1n) is 10.8. The summed E-state index contributed by atoms with van der Waals surface area (Å²) in [5.41, 5.74) is 1.91. The highest BCUT2D eigenvalue weighted by Gasteiger charge is 2.23. The van der Waals surface area contributed by atoms with Crippen molar-refractivity contribution in [1.29, 1.82) is 0 Å². The summed E-state index contributed by atoms with van der Waals surface area (Å²) in [6.07, 6.45) is 1.97. The van der Waals surface area contributed by atoms with E-state index in [0.717, 1.165) is 16.0 Å². The highest BCUT2D eigenvalue weighted by atomic mass is 32.2. The molecule has 0 saturated carbocycles. The summed E-state index contributed by atoms with van der Waals surface area (Å²) < 4.78 is 33.2. The minimum absolute atomic E-state index is 0.0451. The Morgan fingerprint density at radius 1 is 1.00 bits per heavy atom. The number of amides is 1. The first-order valence-corrected chi connectivity index (χ1v) is 13.5. The number of hydrogen-bond donors (Lipinski definition) is 1. The number of nitrogens with zero attached hydrogens (tertiary/aromatic N) is 3. The van der Waals surface area contributed by atoms with Gasteiger partial charge in [-0.25, -0.2) is 8.42 Å². The lowest BCUT2D eigenvalue weighted by atomic mass is 10.2. The molecule has 0 unspecified atom stereocenters. The van der Waals surface area contributed by atoms with Crippen molar-refractivity contribution < 1.29 is 17.6 Å². The Labute approximate surface area is 208 Å². The summed E-state index contributed by atoms with van der Waals surface area (Å²) in [6, 6.07) is 22.7. The van der Waals surface area contributed by atoms with Crippen LogP contribution in [0.3, 0.4) is 0 Å². The third-order valence-electron chi connectivity index (χ3n) is 5.27. The van der Waals surface area contributed by atoms with Crippen LogP contribution in [-0.4, -0.2) is 41.6 Å². The van der Waals surface area contributed by atoms with Gasteiger partial charge in [0.15, 0.2) is 0 Å². The fourth-order valence-corrected chi connectivity index (χ4v) is 5.29. The van der Waals surface area contributed by atoms with Gasteiger partial charge in [-0.2, -0.15) is 4.31 Å². The van der Waals surface area contributed by atoms with Gasteiger partial charge in [0.05, 0.1) is 4.90 Å². The maximum atomic E-state index is 13.1. The lowest BCUT2D eigenvalue weighted by Crippen LogP contribution is -2.30. The zero-order valence-corrected chi connectivity index (χ0v) is 20.8. The van der Waals surface area contributed by atoms with Gasteiger partial charge in [0.1, 0.15) is 0 Å². The molecule has 8 nitrogen and oxygen atoms in total. The lowest BCUT2D eigenvalue weighted by Gasteiger charge is -2.20. The fraction of sp³-hybridized carbons (Fsp3) is 0.160. The van der Waals surface area contributed by atoms with Gasteiger partial charge in [0, 0.05) is 29.1 Å². The van der Waals surface area contributed by atoms with Crippen LogP contribution in [0, 0.1) is 0 Å².